The first-order chi connectivity index (χ1) is 17.8. The number of ether oxygens (including phenoxy) is 1. The number of aromatic hydroxyl groups is 1. The number of aliphatic hydroxyl groups is 1. The monoisotopic (exact) mass is 513 g/mol. The third-order valence-corrected chi connectivity index (χ3v) is 6.61. The largest absolute Gasteiger partial charge is 0.508 e. The van der Waals surface area contributed by atoms with Crippen molar-refractivity contribution >= 4 is 11.8 Å². The van der Waals surface area contributed by atoms with Crippen molar-refractivity contribution in [3.63, 3.8) is 0 Å². The molecule has 0 aliphatic rings. The number of amides is 2. The summed E-state index contributed by atoms with van der Waals surface area (Å²) in [6.45, 7) is 6.19. The number of methoxy groups -OCH3 is 1. The number of hydrogen-bond donors (Lipinski definition) is 4. The lowest BCUT2D eigenvalue weighted by Crippen LogP contribution is -2.43. The molecule has 204 valence electrons. The number of phenols is 1. The van der Waals surface area contributed by atoms with Gasteiger partial charge < -0.3 is 30.9 Å². The summed E-state index contributed by atoms with van der Waals surface area (Å²) in [5, 5.41) is 24.2. The molecule has 2 amide bonds. The standard InChI is InChI=1S/C29H43N3O5/c1-4-15-32(16-5-2)28(35)14-13-25(29(30)36)26(18-21-9-11-23(33)12-10-21)27(34)20-31-19-22-7-6-8-24(17-22)37-3/h6-12,17,25-27,31,33-34H,4-5,13-16,18-20H2,1-3H3,(H2,30,36)/t25?,26-,27-/m0/s1. The Bertz CT molecular complexity index is 960. The smallest absolute Gasteiger partial charge is 0.222 e. The molecule has 1 unspecified atom stereocenters. The number of hydrogen-bond acceptors (Lipinski definition) is 6. The van der Waals surface area contributed by atoms with E-state index in [2.05, 4.69) is 5.32 Å². The molecule has 5 N–H and O–H groups in total. The minimum absolute atomic E-state index is 0.00368. The molecule has 0 heterocycles. The van der Waals surface area contributed by atoms with Crippen LogP contribution in [0.1, 0.15) is 50.7 Å². The fourth-order valence-corrected chi connectivity index (χ4v) is 4.65. The summed E-state index contributed by atoms with van der Waals surface area (Å²) in [7, 11) is 1.61. The Kier molecular flexibility index (Phi) is 12.9. The topological polar surface area (TPSA) is 125 Å². The van der Waals surface area contributed by atoms with Gasteiger partial charge in [-0.15, -0.1) is 0 Å². The highest BCUT2D eigenvalue weighted by atomic mass is 16.5. The number of phenolic OH excluding ortho intramolecular Hbond substituents is 1. The molecule has 0 saturated carbocycles. The van der Waals surface area contributed by atoms with E-state index in [1.54, 1.807) is 31.4 Å². The number of benzene rings is 2. The van der Waals surface area contributed by atoms with E-state index >= 15 is 0 Å². The van der Waals surface area contributed by atoms with E-state index in [-0.39, 0.29) is 31.0 Å². The van der Waals surface area contributed by atoms with E-state index in [0.29, 0.717) is 26.1 Å². The van der Waals surface area contributed by atoms with Crippen LogP contribution in [0.25, 0.3) is 0 Å². The van der Waals surface area contributed by atoms with Crippen LogP contribution in [-0.2, 0) is 22.6 Å². The van der Waals surface area contributed by atoms with Crippen LogP contribution in [0.15, 0.2) is 48.5 Å². The molecule has 8 heteroatoms. The first-order valence-corrected chi connectivity index (χ1v) is 13.2. The predicted molar refractivity (Wildman–Crippen MR) is 145 cm³/mol. The van der Waals surface area contributed by atoms with Gasteiger partial charge in [-0.3, -0.25) is 9.59 Å². The summed E-state index contributed by atoms with van der Waals surface area (Å²) in [6, 6.07) is 14.4. The third kappa shape index (κ3) is 10.1. The third-order valence-electron chi connectivity index (χ3n) is 6.61. The number of nitrogens with zero attached hydrogens (tertiary/aromatic N) is 1. The summed E-state index contributed by atoms with van der Waals surface area (Å²) in [6.07, 6.45) is 1.71. The van der Waals surface area contributed by atoms with Crippen molar-refractivity contribution in [2.75, 3.05) is 26.7 Å². The fraction of sp³-hybridized carbons (Fsp3) is 0.517. The van der Waals surface area contributed by atoms with E-state index in [4.69, 9.17) is 10.5 Å². The van der Waals surface area contributed by atoms with Gasteiger partial charge in [0.25, 0.3) is 0 Å². The summed E-state index contributed by atoms with van der Waals surface area (Å²) < 4.78 is 5.27. The lowest BCUT2D eigenvalue weighted by molar-refractivity contribution is -0.132. The van der Waals surface area contributed by atoms with Gasteiger partial charge in [0.05, 0.1) is 13.2 Å². The Morgan fingerprint density at radius 3 is 2.32 bits per heavy atom. The molecule has 0 aliphatic heterocycles. The Morgan fingerprint density at radius 1 is 1.05 bits per heavy atom. The van der Waals surface area contributed by atoms with Gasteiger partial charge in [0, 0.05) is 44.4 Å². The van der Waals surface area contributed by atoms with Crippen molar-refractivity contribution in [3.8, 4) is 11.5 Å². The van der Waals surface area contributed by atoms with Gasteiger partial charge in [-0.1, -0.05) is 38.1 Å². The molecule has 2 aromatic rings. The van der Waals surface area contributed by atoms with E-state index < -0.39 is 23.8 Å². The normalized spacial score (nSPS) is 13.5. The molecule has 0 radical (unpaired) electrons. The highest BCUT2D eigenvalue weighted by molar-refractivity contribution is 5.80. The maximum absolute atomic E-state index is 12.9. The first-order valence-electron chi connectivity index (χ1n) is 13.2. The molecule has 2 aromatic carbocycles. The average Bonchev–Trinajstić information content (AvgIpc) is 2.88. The van der Waals surface area contributed by atoms with E-state index in [1.165, 1.54) is 0 Å². The first kappa shape index (κ1) is 30.1. The highest BCUT2D eigenvalue weighted by Crippen LogP contribution is 2.27. The minimum Gasteiger partial charge on any atom is -0.508 e. The zero-order chi connectivity index (χ0) is 27.2. The predicted octanol–water partition coefficient (Wildman–Crippen LogP) is 3.24. The quantitative estimate of drug-likeness (QED) is 0.257. The zero-order valence-corrected chi connectivity index (χ0v) is 22.4. The van der Waals surface area contributed by atoms with Crippen molar-refractivity contribution in [2.24, 2.45) is 17.6 Å². The molecule has 0 fully saturated rings. The average molecular weight is 514 g/mol. The lowest BCUT2D eigenvalue weighted by Gasteiger charge is -2.30. The van der Waals surface area contributed by atoms with Crippen molar-refractivity contribution in [2.45, 2.75) is 58.6 Å². The molecular formula is C29H43N3O5. The number of carbonyl (C=O) groups excluding carboxylic acids is 2. The Labute approximate surface area is 220 Å². The molecule has 0 aromatic heterocycles. The molecule has 37 heavy (non-hydrogen) atoms. The van der Waals surface area contributed by atoms with Gasteiger partial charge in [0.1, 0.15) is 11.5 Å². The summed E-state index contributed by atoms with van der Waals surface area (Å²) in [5.41, 5.74) is 7.71. The van der Waals surface area contributed by atoms with Crippen LogP contribution in [0.4, 0.5) is 0 Å². The SMILES string of the molecule is CCCN(CCC)C(=O)CCC(C(N)=O)[C@H](Cc1ccc(O)cc1)[C@@H](O)CNCc1cccc(OC)c1. The molecule has 3 atom stereocenters. The number of carbonyl (C=O) groups is 2. The Balaban J connectivity index is 2.15. The lowest BCUT2D eigenvalue weighted by atomic mass is 9.79. The maximum Gasteiger partial charge on any atom is 0.222 e. The van der Waals surface area contributed by atoms with Gasteiger partial charge in [0.2, 0.25) is 11.8 Å². The van der Waals surface area contributed by atoms with E-state index in [9.17, 15) is 19.8 Å². The van der Waals surface area contributed by atoms with Gasteiger partial charge in [-0.2, -0.15) is 0 Å². The summed E-state index contributed by atoms with van der Waals surface area (Å²) >= 11 is 0. The highest BCUT2D eigenvalue weighted by Gasteiger charge is 2.33. The van der Waals surface area contributed by atoms with Crippen LogP contribution in [0.3, 0.4) is 0 Å². The number of rotatable bonds is 17. The van der Waals surface area contributed by atoms with Crippen LogP contribution < -0.4 is 15.8 Å². The van der Waals surface area contributed by atoms with Crippen molar-refractivity contribution in [1.29, 1.82) is 0 Å². The van der Waals surface area contributed by atoms with Crippen LogP contribution in [0.5, 0.6) is 11.5 Å². The minimum atomic E-state index is -0.880. The molecule has 0 aliphatic carbocycles. The van der Waals surface area contributed by atoms with Gasteiger partial charge in [-0.05, 0) is 61.1 Å². The number of aliphatic hydroxyl groups excluding tert-OH is 1. The van der Waals surface area contributed by atoms with Gasteiger partial charge >= 0.3 is 0 Å². The van der Waals surface area contributed by atoms with Crippen LogP contribution >= 0.6 is 0 Å². The second kappa shape index (κ2) is 15.9. The second-order valence-corrected chi connectivity index (χ2v) is 9.51. The molecule has 0 spiro atoms. The Hall–Kier alpha value is -3.10. The molecule has 0 saturated heterocycles. The number of nitrogens with two attached hydrogens (primary N) is 1. The van der Waals surface area contributed by atoms with Crippen LogP contribution in [0.2, 0.25) is 0 Å². The van der Waals surface area contributed by atoms with Crippen molar-refractivity contribution in [1.82, 2.24) is 10.2 Å². The number of nitrogens with one attached hydrogen (secondary N) is 1. The molecule has 2 rings (SSSR count). The van der Waals surface area contributed by atoms with Crippen molar-refractivity contribution in [3.05, 3.63) is 59.7 Å². The number of primary amides is 1. The fourth-order valence-electron chi connectivity index (χ4n) is 4.65. The molecule has 0 bridgehead atoms. The van der Waals surface area contributed by atoms with E-state index in [1.807, 2.05) is 43.0 Å². The maximum atomic E-state index is 12.9. The summed E-state index contributed by atoms with van der Waals surface area (Å²) in [5.74, 6) is -0.812. The zero-order valence-electron chi connectivity index (χ0n) is 22.4. The second-order valence-electron chi connectivity index (χ2n) is 9.51. The van der Waals surface area contributed by atoms with Crippen LogP contribution in [0, 0.1) is 11.8 Å². The molecule has 8 nitrogen and oxygen atoms in total. The van der Waals surface area contributed by atoms with Gasteiger partial charge in [0.15, 0.2) is 0 Å². The Morgan fingerprint density at radius 2 is 1.73 bits per heavy atom. The van der Waals surface area contributed by atoms with Crippen LogP contribution in [-0.4, -0.2) is 59.8 Å². The summed E-state index contributed by atoms with van der Waals surface area (Å²) in [4.78, 5) is 27.3. The van der Waals surface area contributed by atoms with Crippen molar-refractivity contribution < 1.29 is 24.5 Å². The van der Waals surface area contributed by atoms with Gasteiger partial charge in [-0.25, -0.2) is 0 Å². The van der Waals surface area contributed by atoms with E-state index in [0.717, 1.165) is 29.7 Å². The molecular weight excluding hydrogens is 470 g/mol.